The molecule has 0 aliphatic rings. The molecular weight excluding hydrogens is 428 g/mol. The number of nitrogens with one attached hydrogen (secondary N) is 2. The number of anilines is 1. The van der Waals surface area contributed by atoms with Gasteiger partial charge in [-0.15, -0.1) is 0 Å². The summed E-state index contributed by atoms with van der Waals surface area (Å²) < 4.78 is 17.0. The van der Waals surface area contributed by atoms with Crippen molar-refractivity contribution in [3.8, 4) is 23.0 Å². The normalized spacial score (nSPS) is 11.4. The third kappa shape index (κ3) is 6.50. The molecule has 0 fully saturated rings. The van der Waals surface area contributed by atoms with Crippen molar-refractivity contribution in [3.05, 3.63) is 41.5 Å². The van der Waals surface area contributed by atoms with Crippen molar-refractivity contribution in [2.24, 2.45) is 0 Å². The Hall–Kier alpha value is -3.00. The van der Waals surface area contributed by atoms with Crippen LogP contribution in [0.15, 0.2) is 30.3 Å². The number of phenols is 1. The number of hydrogen-bond acceptors (Lipinski definition) is 6. The lowest BCUT2D eigenvalue weighted by Gasteiger charge is -2.17. The molecule has 0 saturated heterocycles. The molecule has 0 heterocycles. The lowest BCUT2D eigenvalue weighted by atomic mass is 9.98. The average Bonchev–Trinajstić information content (AvgIpc) is 2.76. The summed E-state index contributed by atoms with van der Waals surface area (Å²) in [6, 6.07) is 8.51. The Morgan fingerprint density at radius 3 is 2.12 bits per heavy atom. The van der Waals surface area contributed by atoms with E-state index >= 15 is 0 Å². The van der Waals surface area contributed by atoms with Gasteiger partial charge in [0.2, 0.25) is 5.75 Å². The minimum absolute atomic E-state index is 0.0481. The number of carbonyl (C=O) groups excluding carboxylic acids is 1. The van der Waals surface area contributed by atoms with Crippen molar-refractivity contribution >= 4 is 28.9 Å². The Bertz CT molecular complexity index is 921. The van der Waals surface area contributed by atoms with Gasteiger partial charge in [0.1, 0.15) is 5.75 Å². The number of carbonyl (C=O) groups is 1. The molecule has 0 aliphatic heterocycles. The average molecular weight is 461 g/mol. The molecular formula is C24H32N2O5S. The first-order valence-corrected chi connectivity index (χ1v) is 11.3. The van der Waals surface area contributed by atoms with Crippen LogP contribution in [-0.4, -0.2) is 35.9 Å². The first-order valence-electron chi connectivity index (χ1n) is 10.9. The van der Waals surface area contributed by atoms with Crippen LogP contribution in [-0.2, 0) is 0 Å². The monoisotopic (exact) mass is 460 g/mol. The molecule has 0 bridgehead atoms. The predicted molar refractivity (Wildman–Crippen MR) is 130 cm³/mol. The molecule has 2 aromatic rings. The summed E-state index contributed by atoms with van der Waals surface area (Å²) in [5.74, 6) is 1.24. The van der Waals surface area contributed by atoms with E-state index < -0.39 is 5.91 Å². The highest BCUT2D eigenvalue weighted by molar-refractivity contribution is 7.80. The van der Waals surface area contributed by atoms with E-state index in [0.29, 0.717) is 54.2 Å². The molecule has 3 N–H and O–H groups in total. The molecule has 0 radical (unpaired) electrons. The molecule has 32 heavy (non-hydrogen) atoms. The highest BCUT2D eigenvalue weighted by Gasteiger charge is 2.19. The van der Waals surface area contributed by atoms with Crippen molar-refractivity contribution in [2.75, 3.05) is 25.1 Å². The van der Waals surface area contributed by atoms with Crippen molar-refractivity contribution in [2.45, 2.75) is 47.0 Å². The van der Waals surface area contributed by atoms with Gasteiger partial charge < -0.3 is 24.6 Å². The number of thiocarbonyl (C=S) groups is 1. The summed E-state index contributed by atoms with van der Waals surface area (Å²) in [4.78, 5) is 12.9. The maximum absolute atomic E-state index is 12.9. The highest BCUT2D eigenvalue weighted by Crippen LogP contribution is 2.39. The molecule has 1 unspecified atom stereocenters. The van der Waals surface area contributed by atoms with Crippen LogP contribution >= 0.6 is 12.2 Å². The van der Waals surface area contributed by atoms with Crippen LogP contribution in [0.4, 0.5) is 5.69 Å². The minimum Gasteiger partial charge on any atom is -0.506 e. The summed E-state index contributed by atoms with van der Waals surface area (Å²) in [6.07, 6.45) is 0.966. The molecule has 8 heteroatoms. The summed E-state index contributed by atoms with van der Waals surface area (Å²) in [7, 11) is 0. The lowest BCUT2D eigenvalue weighted by Crippen LogP contribution is -2.34. The van der Waals surface area contributed by atoms with Gasteiger partial charge >= 0.3 is 0 Å². The largest absolute Gasteiger partial charge is 0.506 e. The van der Waals surface area contributed by atoms with E-state index in [0.717, 1.165) is 12.0 Å². The third-order valence-corrected chi connectivity index (χ3v) is 5.05. The fourth-order valence-electron chi connectivity index (χ4n) is 3.04. The van der Waals surface area contributed by atoms with E-state index in [4.69, 9.17) is 26.4 Å². The number of hydrogen-bond donors (Lipinski definition) is 3. The number of ether oxygens (including phenoxy) is 3. The summed E-state index contributed by atoms with van der Waals surface area (Å²) in [6.45, 7) is 11.0. The predicted octanol–water partition coefficient (Wildman–Crippen LogP) is 5.23. The van der Waals surface area contributed by atoms with Gasteiger partial charge in [-0.3, -0.25) is 10.1 Å². The molecule has 2 aromatic carbocycles. The standard InChI is InChI=1S/C24H32N2O5S/c1-6-15(5)16-10-11-19(27)18(12-16)25-24(32)26-23(28)17-13-20(29-7-2)22(31-9-4)21(14-17)30-8-3/h10-15,27H,6-9H2,1-5H3,(H2,25,26,28,32). The lowest BCUT2D eigenvalue weighted by molar-refractivity contribution is 0.0976. The van der Waals surface area contributed by atoms with E-state index in [2.05, 4.69) is 24.5 Å². The molecule has 0 aliphatic carbocycles. The number of aromatic hydroxyl groups is 1. The van der Waals surface area contributed by atoms with Gasteiger partial charge in [-0.25, -0.2) is 0 Å². The number of phenolic OH excluding ortho intramolecular Hbond substituents is 1. The Labute approximate surface area is 195 Å². The maximum Gasteiger partial charge on any atom is 0.257 e. The van der Waals surface area contributed by atoms with Crippen molar-refractivity contribution < 1.29 is 24.1 Å². The van der Waals surface area contributed by atoms with Crippen LogP contribution in [0.25, 0.3) is 0 Å². The van der Waals surface area contributed by atoms with Crippen LogP contribution < -0.4 is 24.8 Å². The van der Waals surface area contributed by atoms with Crippen LogP contribution in [0.2, 0.25) is 0 Å². The Morgan fingerprint density at radius 1 is 1.00 bits per heavy atom. The van der Waals surface area contributed by atoms with Gasteiger partial charge in [0.05, 0.1) is 25.5 Å². The van der Waals surface area contributed by atoms with Crippen LogP contribution in [0.5, 0.6) is 23.0 Å². The molecule has 0 aromatic heterocycles. The minimum atomic E-state index is -0.440. The van der Waals surface area contributed by atoms with Crippen LogP contribution in [0.1, 0.15) is 62.9 Å². The van der Waals surface area contributed by atoms with Gasteiger partial charge in [-0.05, 0) is 75.2 Å². The topological polar surface area (TPSA) is 89.1 Å². The van der Waals surface area contributed by atoms with Gasteiger partial charge in [0.15, 0.2) is 16.6 Å². The highest BCUT2D eigenvalue weighted by atomic mass is 32.1. The second kappa shape index (κ2) is 12.1. The van der Waals surface area contributed by atoms with Crippen molar-refractivity contribution in [1.29, 1.82) is 0 Å². The van der Waals surface area contributed by atoms with E-state index in [1.807, 2.05) is 32.9 Å². The van der Waals surface area contributed by atoms with Gasteiger partial charge in [0, 0.05) is 5.56 Å². The number of benzene rings is 2. The quantitative estimate of drug-likeness (QED) is 0.330. The van der Waals surface area contributed by atoms with E-state index in [1.165, 1.54) is 0 Å². The summed E-state index contributed by atoms with van der Waals surface area (Å²) in [5.41, 5.74) is 1.81. The van der Waals surface area contributed by atoms with Crippen molar-refractivity contribution in [3.63, 3.8) is 0 Å². The first-order chi connectivity index (χ1) is 15.3. The Balaban J connectivity index is 2.24. The second-order valence-corrected chi connectivity index (χ2v) is 7.50. The molecule has 1 amide bonds. The summed E-state index contributed by atoms with van der Waals surface area (Å²) >= 11 is 5.30. The third-order valence-electron chi connectivity index (χ3n) is 4.85. The molecule has 0 saturated carbocycles. The maximum atomic E-state index is 12.9. The van der Waals surface area contributed by atoms with E-state index in [1.54, 1.807) is 18.2 Å². The molecule has 1 atom stereocenters. The molecule has 7 nitrogen and oxygen atoms in total. The van der Waals surface area contributed by atoms with E-state index in [9.17, 15) is 9.90 Å². The van der Waals surface area contributed by atoms with Gasteiger partial charge in [-0.2, -0.15) is 0 Å². The van der Waals surface area contributed by atoms with Crippen LogP contribution in [0, 0.1) is 0 Å². The molecule has 2 rings (SSSR count). The first kappa shape index (κ1) is 25.3. The van der Waals surface area contributed by atoms with Gasteiger partial charge in [-0.1, -0.05) is 19.9 Å². The Kier molecular flexibility index (Phi) is 9.59. The smallest absolute Gasteiger partial charge is 0.257 e. The molecule has 0 spiro atoms. The fourth-order valence-corrected chi connectivity index (χ4v) is 3.25. The Morgan fingerprint density at radius 2 is 1.59 bits per heavy atom. The molecule has 174 valence electrons. The number of rotatable bonds is 10. The number of amides is 1. The van der Waals surface area contributed by atoms with Gasteiger partial charge in [0.25, 0.3) is 5.91 Å². The zero-order valence-corrected chi connectivity index (χ0v) is 20.1. The zero-order valence-electron chi connectivity index (χ0n) is 19.3. The van der Waals surface area contributed by atoms with Crippen LogP contribution in [0.3, 0.4) is 0 Å². The SMILES string of the molecule is CCOc1cc(C(=O)NC(=S)Nc2cc(C(C)CC)ccc2O)cc(OCC)c1OCC. The van der Waals surface area contributed by atoms with Crippen molar-refractivity contribution in [1.82, 2.24) is 5.32 Å². The second-order valence-electron chi connectivity index (χ2n) is 7.09. The van der Waals surface area contributed by atoms with E-state index in [-0.39, 0.29) is 10.9 Å². The summed E-state index contributed by atoms with van der Waals surface area (Å²) in [5, 5.41) is 15.8. The zero-order chi connectivity index (χ0) is 23.7. The fraction of sp³-hybridized carbons (Fsp3) is 0.417.